The fourth-order valence-electron chi connectivity index (χ4n) is 1.37. The van der Waals surface area contributed by atoms with Crippen molar-refractivity contribution < 1.29 is 29.3 Å². The molecule has 0 amide bonds. The van der Waals surface area contributed by atoms with Gasteiger partial charge < -0.3 is 14.9 Å². The van der Waals surface area contributed by atoms with Crippen LogP contribution < -0.4 is 4.74 Å². The van der Waals surface area contributed by atoms with Crippen LogP contribution in [0.3, 0.4) is 0 Å². The molecule has 6 heteroatoms. The maximum atomic E-state index is 11.1. The Labute approximate surface area is 102 Å². The third-order valence-corrected chi connectivity index (χ3v) is 2.24. The van der Waals surface area contributed by atoms with Gasteiger partial charge in [0.25, 0.3) is 0 Å². The summed E-state index contributed by atoms with van der Waals surface area (Å²) in [5.41, 5.74) is -0.350. The Kier molecular flexibility index (Phi) is 3.83. The lowest BCUT2D eigenvalue weighted by atomic mass is 10.0. The van der Waals surface area contributed by atoms with Crippen molar-refractivity contribution in [3.8, 4) is 5.75 Å². The zero-order valence-electron chi connectivity index (χ0n) is 9.47. The van der Waals surface area contributed by atoms with Crippen LogP contribution in [-0.4, -0.2) is 28.1 Å². The minimum Gasteiger partial charge on any atom is -0.478 e. The first-order valence-corrected chi connectivity index (χ1v) is 4.83. The van der Waals surface area contributed by atoms with Crippen molar-refractivity contribution >= 4 is 17.9 Å². The van der Waals surface area contributed by atoms with Gasteiger partial charge in [0.15, 0.2) is 0 Å². The van der Waals surface area contributed by atoms with Crippen molar-refractivity contribution in [2.24, 2.45) is 0 Å². The molecule has 1 aromatic rings. The van der Waals surface area contributed by atoms with E-state index in [0.29, 0.717) is 0 Å². The standard InChI is InChI=1S/C12H10O6/c1-3-9(13)18-10-6(2)7(11(14)15)4-5-8(10)12(16)17/h3-5H,1H2,2H3,(H,14,15)(H,16,17). The van der Waals surface area contributed by atoms with Crippen LogP contribution in [0, 0.1) is 6.92 Å². The van der Waals surface area contributed by atoms with Crippen molar-refractivity contribution in [3.63, 3.8) is 0 Å². The molecule has 18 heavy (non-hydrogen) atoms. The lowest BCUT2D eigenvalue weighted by Crippen LogP contribution is -2.12. The Morgan fingerprint density at radius 3 is 2.11 bits per heavy atom. The molecule has 6 nitrogen and oxygen atoms in total. The molecule has 2 N–H and O–H groups in total. The second-order valence-corrected chi connectivity index (χ2v) is 3.35. The molecule has 1 aromatic carbocycles. The molecule has 0 radical (unpaired) electrons. The number of hydrogen-bond acceptors (Lipinski definition) is 4. The topological polar surface area (TPSA) is 101 Å². The zero-order chi connectivity index (χ0) is 13.9. The number of rotatable bonds is 4. The molecule has 0 aliphatic carbocycles. The van der Waals surface area contributed by atoms with Crippen molar-refractivity contribution in [2.45, 2.75) is 6.92 Å². The molecule has 0 aliphatic rings. The van der Waals surface area contributed by atoms with Gasteiger partial charge in [0.05, 0.1) is 5.56 Å². The molecule has 1 rings (SSSR count). The van der Waals surface area contributed by atoms with E-state index in [0.717, 1.165) is 18.2 Å². The molecule has 0 spiro atoms. The van der Waals surface area contributed by atoms with Crippen LogP contribution in [-0.2, 0) is 4.79 Å². The third kappa shape index (κ3) is 2.54. The highest BCUT2D eigenvalue weighted by molar-refractivity contribution is 5.97. The molecule has 94 valence electrons. The summed E-state index contributed by atoms with van der Waals surface area (Å²) >= 11 is 0. The van der Waals surface area contributed by atoms with Crippen LogP contribution in [0.4, 0.5) is 0 Å². The number of esters is 1. The fraction of sp³-hybridized carbons (Fsp3) is 0.0833. The average Bonchev–Trinajstić information content (AvgIpc) is 2.30. The molecule has 0 bridgehead atoms. The van der Waals surface area contributed by atoms with E-state index in [-0.39, 0.29) is 22.4 Å². The van der Waals surface area contributed by atoms with Gasteiger partial charge in [-0.1, -0.05) is 6.58 Å². The Hall–Kier alpha value is -2.63. The summed E-state index contributed by atoms with van der Waals surface area (Å²) in [4.78, 5) is 33.0. The number of ether oxygens (including phenoxy) is 1. The summed E-state index contributed by atoms with van der Waals surface area (Å²) in [6, 6.07) is 2.22. The van der Waals surface area contributed by atoms with E-state index in [4.69, 9.17) is 14.9 Å². The van der Waals surface area contributed by atoms with Crippen molar-refractivity contribution in [2.75, 3.05) is 0 Å². The van der Waals surface area contributed by atoms with Crippen molar-refractivity contribution in [3.05, 3.63) is 41.5 Å². The van der Waals surface area contributed by atoms with Crippen LogP contribution >= 0.6 is 0 Å². The number of aromatic carboxylic acids is 2. The second kappa shape index (κ2) is 5.13. The van der Waals surface area contributed by atoms with Crippen LogP contribution in [0.1, 0.15) is 26.3 Å². The average molecular weight is 250 g/mol. The normalized spacial score (nSPS) is 9.61. The molecule has 0 aliphatic heterocycles. The third-order valence-electron chi connectivity index (χ3n) is 2.24. The van der Waals surface area contributed by atoms with Gasteiger partial charge in [-0.15, -0.1) is 0 Å². The number of carbonyl (C=O) groups is 3. The number of benzene rings is 1. The lowest BCUT2D eigenvalue weighted by Gasteiger charge is -2.11. The van der Waals surface area contributed by atoms with Crippen LogP contribution in [0.25, 0.3) is 0 Å². The minimum atomic E-state index is -1.32. The molecule has 0 atom stereocenters. The molecular weight excluding hydrogens is 240 g/mol. The van der Waals surface area contributed by atoms with E-state index in [9.17, 15) is 14.4 Å². The Morgan fingerprint density at radius 2 is 1.67 bits per heavy atom. The number of carboxylic acids is 2. The maximum absolute atomic E-state index is 11.1. The summed E-state index contributed by atoms with van der Waals surface area (Å²) in [6.07, 6.45) is 0.860. The van der Waals surface area contributed by atoms with Gasteiger partial charge in [-0.3, -0.25) is 0 Å². The molecule has 0 aromatic heterocycles. The highest BCUT2D eigenvalue weighted by atomic mass is 16.5. The summed E-state index contributed by atoms with van der Waals surface area (Å²) in [5, 5.41) is 17.8. The molecular formula is C12H10O6. The predicted octanol–water partition coefficient (Wildman–Crippen LogP) is 1.48. The molecule has 0 unspecified atom stereocenters. The van der Waals surface area contributed by atoms with Crippen LogP contribution in [0.5, 0.6) is 5.75 Å². The summed E-state index contributed by atoms with van der Waals surface area (Å²) < 4.78 is 4.78. The van der Waals surface area contributed by atoms with Crippen molar-refractivity contribution in [1.29, 1.82) is 0 Å². The Morgan fingerprint density at radius 1 is 1.17 bits per heavy atom. The smallest absolute Gasteiger partial charge is 0.339 e. The quantitative estimate of drug-likeness (QED) is 0.477. The summed E-state index contributed by atoms with van der Waals surface area (Å²) in [7, 11) is 0. The second-order valence-electron chi connectivity index (χ2n) is 3.35. The van der Waals surface area contributed by atoms with Gasteiger partial charge in [0.2, 0.25) is 0 Å². The Bertz CT molecular complexity index is 544. The first-order chi connectivity index (χ1) is 8.38. The summed E-state index contributed by atoms with van der Waals surface area (Å²) in [6.45, 7) is 4.54. The number of carboxylic acid groups (broad SMARTS) is 2. The van der Waals surface area contributed by atoms with Crippen LogP contribution in [0.2, 0.25) is 0 Å². The van der Waals surface area contributed by atoms with Gasteiger partial charge in [0, 0.05) is 11.6 Å². The maximum Gasteiger partial charge on any atom is 0.339 e. The monoisotopic (exact) mass is 250 g/mol. The van der Waals surface area contributed by atoms with E-state index in [1.165, 1.54) is 6.92 Å². The SMILES string of the molecule is C=CC(=O)Oc1c(C(=O)O)ccc(C(=O)O)c1C. The predicted molar refractivity (Wildman–Crippen MR) is 60.9 cm³/mol. The first-order valence-electron chi connectivity index (χ1n) is 4.83. The van der Waals surface area contributed by atoms with Gasteiger partial charge in [-0.25, -0.2) is 14.4 Å². The highest BCUT2D eigenvalue weighted by Gasteiger charge is 2.20. The largest absolute Gasteiger partial charge is 0.478 e. The van der Waals surface area contributed by atoms with Crippen molar-refractivity contribution in [1.82, 2.24) is 0 Å². The summed E-state index contributed by atoms with van der Waals surface area (Å²) in [5.74, 6) is -3.70. The highest BCUT2D eigenvalue weighted by Crippen LogP contribution is 2.27. The first kappa shape index (κ1) is 13.4. The van der Waals surface area contributed by atoms with Gasteiger partial charge >= 0.3 is 17.9 Å². The van der Waals surface area contributed by atoms with E-state index >= 15 is 0 Å². The lowest BCUT2D eigenvalue weighted by molar-refractivity contribution is -0.129. The van der Waals surface area contributed by atoms with Crippen LogP contribution in [0.15, 0.2) is 24.8 Å². The molecule has 0 saturated carbocycles. The molecule has 0 fully saturated rings. The molecule has 0 heterocycles. The van der Waals surface area contributed by atoms with E-state index < -0.39 is 17.9 Å². The number of hydrogen-bond donors (Lipinski definition) is 2. The van der Waals surface area contributed by atoms with E-state index in [1.54, 1.807) is 0 Å². The van der Waals surface area contributed by atoms with E-state index in [2.05, 4.69) is 6.58 Å². The fourth-order valence-corrected chi connectivity index (χ4v) is 1.37. The molecule has 0 saturated heterocycles. The van der Waals surface area contributed by atoms with E-state index in [1.807, 2.05) is 0 Å². The zero-order valence-corrected chi connectivity index (χ0v) is 9.47. The Balaban J connectivity index is 3.44. The van der Waals surface area contributed by atoms with Gasteiger partial charge in [-0.05, 0) is 19.1 Å². The van der Waals surface area contributed by atoms with Gasteiger partial charge in [-0.2, -0.15) is 0 Å². The number of carbonyl (C=O) groups excluding carboxylic acids is 1. The van der Waals surface area contributed by atoms with Gasteiger partial charge in [0.1, 0.15) is 11.3 Å². The minimum absolute atomic E-state index is 0.0672.